The third kappa shape index (κ3) is 29.5. The number of nitrogens with one attached hydrogen (secondary N) is 10. The Balaban J connectivity index is 2.42. The van der Waals surface area contributed by atoms with Crippen LogP contribution in [-0.2, 0) is 54.4 Å². The molecule has 91 heavy (non-hydrogen) atoms. The van der Waals surface area contributed by atoms with E-state index in [2.05, 4.69) is 62.8 Å². The van der Waals surface area contributed by atoms with Crippen LogP contribution in [0.5, 0.6) is 0 Å². The number of likely N-dealkylation sites (tertiary alicyclic amines) is 1. The van der Waals surface area contributed by atoms with Crippen LogP contribution in [0, 0.1) is 0 Å². The van der Waals surface area contributed by atoms with Gasteiger partial charge in [0.2, 0.25) is 53.2 Å². The standard InChI is InChI=1S/C54H101N23O14/c55-16-2-1-8-33(62)45(83)75-44(41(81)26-61)52(90)76-43(40(80)25-60)51(89)68-28-42(82)70-37(9-5-18-57)53(91)77-21-7-11-39(77)50(88)74-38(22-30-27-65-29-69-30)49(87)73-36(15-13-32(79)24-59)48(86)71-34(10-6-20-67-54(63)64)47(85)72-35(14-12-31(78)23-58)46(84)66-19-4-3-17-56/h10,27,29,31-33,35-41,43-44,78-81H,1-9,11-26,28,55-62H2,(H,65,69)(H,66,84)(H,68,89)(H,70,82)(H,71,86)(H,72,85)(H,73,87)(H,74,88)(H,75,83)(H,76,90)(H4,63,64,67). The Morgan fingerprint density at radius 3 is 1.81 bits per heavy atom. The van der Waals surface area contributed by atoms with Gasteiger partial charge in [-0.1, -0.05) is 12.5 Å². The van der Waals surface area contributed by atoms with Crippen LogP contribution in [-0.4, -0.2) is 245 Å². The molecular formula is C54H101N23O14. The topological polar surface area (TPSA) is 664 Å². The Bertz CT molecular complexity index is 2490. The number of unbranched alkanes of at least 4 members (excludes halogenated alkanes) is 2. The maximum absolute atomic E-state index is 14.5. The van der Waals surface area contributed by atoms with Gasteiger partial charge >= 0.3 is 0 Å². The number of carbonyl (C=O) groups excluding carboxylic acids is 10. The lowest BCUT2D eigenvalue weighted by atomic mass is 10.0. The van der Waals surface area contributed by atoms with Crippen LogP contribution in [0.3, 0.4) is 0 Å². The molecule has 12 unspecified atom stereocenters. The minimum atomic E-state index is -1.85. The molecule has 2 rings (SSSR count). The van der Waals surface area contributed by atoms with Gasteiger partial charge in [-0.25, -0.2) is 4.98 Å². The summed E-state index contributed by atoms with van der Waals surface area (Å²) in [7, 11) is 0. The van der Waals surface area contributed by atoms with Crippen molar-refractivity contribution in [2.75, 3.05) is 72.0 Å². The number of imidazole rings is 1. The van der Waals surface area contributed by atoms with E-state index in [1.54, 1.807) is 0 Å². The monoisotopic (exact) mass is 1300 g/mol. The molecule has 0 spiro atoms. The van der Waals surface area contributed by atoms with Crippen molar-refractivity contribution < 1.29 is 68.4 Å². The van der Waals surface area contributed by atoms with Crippen molar-refractivity contribution in [3.05, 3.63) is 30.0 Å². The average molecular weight is 1300 g/mol. The maximum Gasteiger partial charge on any atom is 0.268 e. The van der Waals surface area contributed by atoms with E-state index in [9.17, 15) is 68.4 Å². The molecule has 37 heteroatoms. The second kappa shape index (κ2) is 44.0. The van der Waals surface area contributed by atoms with Gasteiger partial charge < -0.3 is 135 Å². The summed E-state index contributed by atoms with van der Waals surface area (Å²) in [6.45, 7) is -1.34. The fraction of sp³-hybridized carbons (Fsp3) is 0.704. The summed E-state index contributed by atoms with van der Waals surface area (Å²) in [4.78, 5) is 151. The number of aromatic amines is 1. The summed E-state index contributed by atoms with van der Waals surface area (Å²) in [5.41, 5.74) is 56.4. The van der Waals surface area contributed by atoms with Gasteiger partial charge in [-0.3, -0.25) is 52.9 Å². The number of rotatable bonds is 46. The van der Waals surface area contributed by atoms with Crippen molar-refractivity contribution >= 4 is 65.0 Å². The van der Waals surface area contributed by atoms with Gasteiger partial charge in [0, 0.05) is 64.1 Å². The van der Waals surface area contributed by atoms with Gasteiger partial charge in [-0.2, -0.15) is 0 Å². The van der Waals surface area contributed by atoms with E-state index < -0.39 is 157 Å². The Morgan fingerprint density at radius 2 is 1.23 bits per heavy atom. The fourth-order valence-electron chi connectivity index (χ4n) is 9.21. The van der Waals surface area contributed by atoms with E-state index in [4.69, 9.17) is 57.3 Å². The third-order valence-electron chi connectivity index (χ3n) is 14.5. The van der Waals surface area contributed by atoms with Crippen LogP contribution in [0.25, 0.3) is 0 Å². The van der Waals surface area contributed by atoms with Gasteiger partial charge in [0.15, 0.2) is 5.96 Å². The van der Waals surface area contributed by atoms with Crippen LogP contribution in [0.15, 0.2) is 29.3 Å². The van der Waals surface area contributed by atoms with Crippen LogP contribution in [0.1, 0.15) is 95.6 Å². The van der Waals surface area contributed by atoms with Crippen molar-refractivity contribution in [2.24, 2.45) is 62.3 Å². The molecule has 0 bridgehead atoms. The number of hydrogen-bond donors (Lipinski definition) is 24. The number of nitrogens with zero attached hydrogens (tertiary/aromatic N) is 3. The first kappa shape index (κ1) is 79.5. The van der Waals surface area contributed by atoms with Gasteiger partial charge in [-0.05, 0) is 103 Å². The predicted molar refractivity (Wildman–Crippen MR) is 332 cm³/mol. The highest BCUT2D eigenvalue weighted by atomic mass is 16.3. The molecule has 1 aliphatic rings. The molecule has 0 saturated carbocycles. The highest BCUT2D eigenvalue weighted by molar-refractivity contribution is 6.02. The van der Waals surface area contributed by atoms with Crippen LogP contribution < -0.4 is 105 Å². The van der Waals surface area contributed by atoms with Crippen LogP contribution in [0.4, 0.5) is 0 Å². The molecule has 1 aromatic heterocycles. The normalized spacial score (nSPS) is 16.8. The fourth-order valence-corrected chi connectivity index (χ4v) is 9.21. The first-order valence-electron chi connectivity index (χ1n) is 30.5. The number of hydrogen-bond acceptors (Lipinski definition) is 24. The molecule has 1 aromatic rings. The number of aliphatic hydroxyl groups is 4. The molecule has 1 fully saturated rings. The largest absolute Gasteiger partial charge is 0.392 e. The second-order valence-corrected chi connectivity index (χ2v) is 21.8. The minimum absolute atomic E-state index is 0.00895. The number of aliphatic imine (C=N–C) groups is 1. The lowest BCUT2D eigenvalue weighted by molar-refractivity contribution is -0.142. The molecule has 1 aliphatic heterocycles. The Hall–Kier alpha value is -7.56. The van der Waals surface area contributed by atoms with E-state index in [1.165, 1.54) is 23.5 Å². The third-order valence-corrected chi connectivity index (χ3v) is 14.5. The first-order valence-corrected chi connectivity index (χ1v) is 30.5. The summed E-state index contributed by atoms with van der Waals surface area (Å²) in [6.07, 6.45) is 0.474. The maximum atomic E-state index is 14.5. The van der Waals surface area contributed by atoms with E-state index in [0.717, 1.165) is 0 Å². The Morgan fingerprint density at radius 1 is 0.626 bits per heavy atom. The predicted octanol–water partition coefficient (Wildman–Crippen LogP) is -11.5. The van der Waals surface area contributed by atoms with Gasteiger partial charge in [0.25, 0.3) is 5.91 Å². The zero-order chi connectivity index (χ0) is 68.0. The molecule has 0 radical (unpaired) electrons. The van der Waals surface area contributed by atoms with E-state index in [1.807, 2.05) is 0 Å². The van der Waals surface area contributed by atoms with Crippen molar-refractivity contribution in [2.45, 2.75) is 169 Å². The highest BCUT2D eigenvalue weighted by Crippen LogP contribution is 2.21. The zero-order valence-corrected chi connectivity index (χ0v) is 51.5. The van der Waals surface area contributed by atoms with Gasteiger partial charge in [0.1, 0.15) is 48.0 Å². The van der Waals surface area contributed by atoms with Crippen molar-refractivity contribution in [1.82, 2.24) is 62.7 Å². The average Bonchev–Trinajstić information content (AvgIpc) is 3.17. The molecule has 12 atom stereocenters. The minimum Gasteiger partial charge on any atom is -0.392 e. The zero-order valence-electron chi connectivity index (χ0n) is 51.5. The van der Waals surface area contributed by atoms with Gasteiger partial charge in [0.05, 0.1) is 43.3 Å². The summed E-state index contributed by atoms with van der Waals surface area (Å²) in [5, 5.41) is 64.5. The summed E-state index contributed by atoms with van der Waals surface area (Å²) < 4.78 is 0. The van der Waals surface area contributed by atoms with Crippen LogP contribution >= 0.6 is 0 Å². The number of carbonyl (C=O) groups is 10. The highest BCUT2D eigenvalue weighted by Gasteiger charge is 2.40. The Labute approximate surface area is 528 Å². The lowest BCUT2D eigenvalue weighted by Crippen LogP contribution is -2.63. The molecule has 1 saturated heterocycles. The van der Waals surface area contributed by atoms with Crippen molar-refractivity contribution in [3.8, 4) is 0 Å². The Kier molecular flexibility index (Phi) is 38.5. The number of aromatic nitrogens is 2. The molecule has 34 N–H and O–H groups in total. The molecule has 37 nitrogen and oxygen atoms in total. The van der Waals surface area contributed by atoms with Crippen molar-refractivity contribution in [1.29, 1.82) is 0 Å². The molecular weight excluding hydrogens is 1190 g/mol. The second-order valence-electron chi connectivity index (χ2n) is 21.8. The molecule has 0 aromatic carbocycles. The SMILES string of the molecule is NCCCCNC(=O)C(CCC(O)CN)NC(=O)C(=CCCN=C(N)N)NC(=O)C(CCC(O)CN)NC(=O)C(Cc1cnc[nH]1)NC(=O)C1CCCN1C(=O)C(CCCN)NC(=O)CNC(=O)C(NC(=O)C(NC(=O)C(N)CCCCN)C(O)CN)C(O)CN. The number of H-pyrrole nitrogens is 1. The van der Waals surface area contributed by atoms with E-state index in [0.29, 0.717) is 44.5 Å². The van der Waals surface area contributed by atoms with E-state index >= 15 is 0 Å². The summed E-state index contributed by atoms with van der Waals surface area (Å²) in [5.74, 6) is -9.38. The number of amides is 10. The number of aliphatic hydroxyl groups excluding tert-OH is 4. The molecule has 0 aliphatic carbocycles. The summed E-state index contributed by atoms with van der Waals surface area (Å²) >= 11 is 0. The first-order chi connectivity index (χ1) is 43.4. The molecule has 10 amide bonds. The lowest BCUT2D eigenvalue weighted by Gasteiger charge is -2.30. The van der Waals surface area contributed by atoms with Crippen LogP contribution in [0.2, 0.25) is 0 Å². The smallest absolute Gasteiger partial charge is 0.268 e. The molecule has 516 valence electrons. The number of guanidine groups is 1. The molecule has 2 heterocycles. The van der Waals surface area contributed by atoms with E-state index in [-0.39, 0.29) is 116 Å². The summed E-state index contributed by atoms with van der Waals surface area (Å²) in [6, 6.07) is -11.6. The number of nitrogens with two attached hydrogens (primary N) is 10. The van der Waals surface area contributed by atoms with Crippen molar-refractivity contribution in [3.63, 3.8) is 0 Å². The quantitative estimate of drug-likeness (QED) is 0.0125. The van der Waals surface area contributed by atoms with Gasteiger partial charge in [-0.15, -0.1) is 0 Å².